The Morgan fingerprint density at radius 2 is 2.24 bits per heavy atom. The average Bonchev–Trinajstić information content (AvgIpc) is 2.98. The Kier molecular flexibility index (Phi) is 4.19. The first-order chi connectivity index (χ1) is 12.1. The molecule has 1 aliphatic rings. The van der Waals surface area contributed by atoms with Crippen molar-refractivity contribution in [3.63, 3.8) is 0 Å². The quantitative estimate of drug-likeness (QED) is 0.708. The number of halogens is 1. The number of nitrogens with one attached hydrogen (secondary N) is 1. The van der Waals surface area contributed by atoms with Gasteiger partial charge in [0, 0.05) is 19.3 Å². The van der Waals surface area contributed by atoms with Crippen molar-refractivity contribution in [1.82, 2.24) is 9.97 Å². The van der Waals surface area contributed by atoms with Gasteiger partial charge in [0.1, 0.15) is 5.75 Å². The van der Waals surface area contributed by atoms with E-state index in [2.05, 4.69) is 20.2 Å². The summed E-state index contributed by atoms with van der Waals surface area (Å²) in [5.74, 6) is 0.684. The molecule has 4 rings (SSSR count). The summed E-state index contributed by atoms with van der Waals surface area (Å²) in [6, 6.07) is 9.30. The maximum atomic E-state index is 12.3. The van der Waals surface area contributed by atoms with Crippen molar-refractivity contribution in [2.24, 2.45) is 5.92 Å². The standard InChI is InChI=1S/C17H15ClN4O2S/c1-24-11-4-5-12-14(7-11)25-17(21-12)22-8-10(9-22)16(23)20-13-3-2-6-19-15(13)18/h2-7,10H,8-9H2,1H3,(H,20,23). The fourth-order valence-corrected chi connectivity index (χ4v) is 3.85. The molecule has 0 radical (unpaired) electrons. The van der Waals surface area contributed by atoms with E-state index in [0.717, 1.165) is 21.1 Å². The zero-order chi connectivity index (χ0) is 17.4. The molecule has 3 aromatic rings. The Balaban J connectivity index is 1.41. The molecular weight excluding hydrogens is 360 g/mol. The van der Waals surface area contributed by atoms with E-state index in [4.69, 9.17) is 16.3 Å². The molecule has 1 amide bonds. The number of hydrogen-bond acceptors (Lipinski definition) is 6. The highest BCUT2D eigenvalue weighted by Gasteiger charge is 2.34. The second-order valence-electron chi connectivity index (χ2n) is 5.76. The topological polar surface area (TPSA) is 67.3 Å². The highest BCUT2D eigenvalue weighted by atomic mass is 35.5. The van der Waals surface area contributed by atoms with Crippen LogP contribution >= 0.6 is 22.9 Å². The lowest BCUT2D eigenvalue weighted by molar-refractivity contribution is -0.120. The summed E-state index contributed by atoms with van der Waals surface area (Å²) < 4.78 is 6.32. The Hall–Kier alpha value is -2.38. The lowest BCUT2D eigenvalue weighted by Gasteiger charge is -2.37. The zero-order valence-corrected chi connectivity index (χ0v) is 15.0. The van der Waals surface area contributed by atoms with E-state index in [1.807, 2.05) is 18.2 Å². The van der Waals surface area contributed by atoms with Crippen molar-refractivity contribution in [3.8, 4) is 5.75 Å². The van der Waals surface area contributed by atoms with Crippen molar-refractivity contribution >= 4 is 49.9 Å². The molecule has 3 heterocycles. The lowest BCUT2D eigenvalue weighted by atomic mass is 10.00. The first kappa shape index (κ1) is 16.1. The monoisotopic (exact) mass is 374 g/mol. The van der Waals surface area contributed by atoms with E-state index in [0.29, 0.717) is 23.9 Å². The number of hydrogen-bond donors (Lipinski definition) is 1. The van der Waals surface area contributed by atoms with Gasteiger partial charge in [-0.05, 0) is 30.3 Å². The Labute approximate surface area is 153 Å². The molecule has 0 bridgehead atoms. The fraction of sp³-hybridized carbons (Fsp3) is 0.235. The predicted octanol–water partition coefficient (Wildman–Crippen LogP) is 3.43. The van der Waals surface area contributed by atoms with Gasteiger partial charge in [0.15, 0.2) is 10.3 Å². The van der Waals surface area contributed by atoms with Gasteiger partial charge in [0.2, 0.25) is 5.91 Å². The number of aromatic nitrogens is 2. The van der Waals surface area contributed by atoms with Crippen molar-refractivity contribution in [1.29, 1.82) is 0 Å². The van der Waals surface area contributed by atoms with Crippen LogP contribution in [-0.2, 0) is 4.79 Å². The number of carbonyl (C=O) groups excluding carboxylic acids is 1. The van der Waals surface area contributed by atoms with Crippen LogP contribution in [0.5, 0.6) is 5.75 Å². The van der Waals surface area contributed by atoms with Gasteiger partial charge in [0.25, 0.3) is 0 Å². The molecule has 1 N–H and O–H groups in total. The highest BCUT2D eigenvalue weighted by Crippen LogP contribution is 2.35. The summed E-state index contributed by atoms with van der Waals surface area (Å²) in [5.41, 5.74) is 1.48. The minimum absolute atomic E-state index is 0.0473. The number of thiazole rings is 1. The molecule has 8 heteroatoms. The summed E-state index contributed by atoms with van der Waals surface area (Å²) in [6.45, 7) is 1.28. The normalized spacial score (nSPS) is 14.4. The molecule has 0 saturated carbocycles. The second kappa shape index (κ2) is 6.50. The van der Waals surface area contributed by atoms with Crippen LogP contribution in [0.3, 0.4) is 0 Å². The molecule has 128 valence electrons. The molecule has 1 fully saturated rings. The van der Waals surface area contributed by atoms with Crippen molar-refractivity contribution in [2.75, 3.05) is 30.4 Å². The summed E-state index contributed by atoms with van der Waals surface area (Å²) >= 11 is 7.58. The fourth-order valence-electron chi connectivity index (χ4n) is 2.67. The van der Waals surface area contributed by atoms with Gasteiger partial charge in [-0.15, -0.1) is 0 Å². The first-order valence-corrected chi connectivity index (χ1v) is 8.94. The van der Waals surface area contributed by atoms with Gasteiger partial charge in [-0.2, -0.15) is 0 Å². The van der Waals surface area contributed by atoms with Gasteiger partial charge >= 0.3 is 0 Å². The third-order valence-corrected chi connectivity index (χ3v) is 5.50. The number of methoxy groups -OCH3 is 1. The van der Waals surface area contributed by atoms with Crippen LogP contribution in [-0.4, -0.2) is 36.1 Å². The molecule has 0 aliphatic carbocycles. The number of amides is 1. The highest BCUT2D eigenvalue weighted by molar-refractivity contribution is 7.22. The molecule has 6 nitrogen and oxygen atoms in total. The van der Waals surface area contributed by atoms with Gasteiger partial charge in [-0.25, -0.2) is 9.97 Å². The van der Waals surface area contributed by atoms with E-state index >= 15 is 0 Å². The number of carbonyl (C=O) groups is 1. The van der Waals surface area contributed by atoms with Gasteiger partial charge in [0.05, 0.1) is 28.9 Å². The number of anilines is 2. The number of pyridine rings is 1. The van der Waals surface area contributed by atoms with Crippen LogP contribution in [0.25, 0.3) is 10.2 Å². The number of rotatable bonds is 4. The molecule has 1 aliphatic heterocycles. The molecule has 0 unspecified atom stereocenters. The van der Waals surface area contributed by atoms with Crippen LogP contribution in [0.4, 0.5) is 10.8 Å². The number of nitrogens with zero attached hydrogens (tertiary/aromatic N) is 3. The summed E-state index contributed by atoms with van der Waals surface area (Å²) in [4.78, 5) is 23.0. The van der Waals surface area contributed by atoms with Gasteiger partial charge in [-0.3, -0.25) is 4.79 Å². The third-order valence-electron chi connectivity index (χ3n) is 4.12. The van der Waals surface area contributed by atoms with Crippen LogP contribution < -0.4 is 15.0 Å². The average molecular weight is 375 g/mol. The third kappa shape index (κ3) is 3.12. The Morgan fingerprint density at radius 1 is 1.40 bits per heavy atom. The van der Waals surface area contributed by atoms with E-state index in [1.54, 1.807) is 36.8 Å². The van der Waals surface area contributed by atoms with E-state index in [-0.39, 0.29) is 11.8 Å². The lowest BCUT2D eigenvalue weighted by Crippen LogP contribution is -2.52. The SMILES string of the molecule is COc1ccc2nc(N3CC(C(=O)Nc4cccnc4Cl)C3)sc2c1. The predicted molar refractivity (Wildman–Crippen MR) is 99.8 cm³/mol. The Bertz CT molecular complexity index is 939. The summed E-state index contributed by atoms with van der Waals surface area (Å²) in [5, 5.41) is 4.05. The minimum Gasteiger partial charge on any atom is -0.497 e. The molecule has 0 spiro atoms. The number of benzene rings is 1. The van der Waals surface area contributed by atoms with Crippen molar-refractivity contribution < 1.29 is 9.53 Å². The molecular formula is C17H15ClN4O2S. The summed E-state index contributed by atoms with van der Waals surface area (Å²) in [7, 11) is 1.65. The van der Waals surface area contributed by atoms with Crippen LogP contribution in [0.2, 0.25) is 5.15 Å². The van der Waals surface area contributed by atoms with E-state index < -0.39 is 0 Å². The molecule has 1 aromatic carbocycles. The van der Waals surface area contributed by atoms with E-state index in [1.165, 1.54) is 0 Å². The summed E-state index contributed by atoms with van der Waals surface area (Å²) in [6.07, 6.45) is 1.59. The van der Waals surface area contributed by atoms with Crippen molar-refractivity contribution in [2.45, 2.75) is 0 Å². The van der Waals surface area contributed by atoms with E-state index in [9.17, 15) is 4.79 Å². The number of fused-ring (bicyclic) bond motifs is 1. The minimum atomic E-state index is -0.0854. The van der Waals surface area contributed by atoms with Gasteiger partial charge in [-0.1, -0.05) is 22.9 Å². The largest absolute Gasteiger partial charge is 0.497 e. The number of ether oxygens (including phenoxy) is 1. The van der Waals surface area contributed by atoms with Crippen LogP contribution in [0.15, 0.2) is 36.5 Å². The Morgan fingerprint density at radius 3 is 3.00 bits per heavy atom. The van der Waals surface area contributed by atoms with Crippen molar-refractivity contribution in [3.05, 3.63) is 41.7 Å². The molecule has 0 atom stereocenters. The second-order valence-corrected chi connectivity index (χ2v) is 7.13. The molecule has 2 aromatic heterocycles. The molecule has 25 heavy (non-hydrogen) atoms. The zero-order valence-electron chi connectivity index (χ0n) is 13.4. The van der Waals surface area contributed by atoms with Gasteiger partial charge < -0.3 is 15.0 Å². The first-order valence-electron chi connectivity index (χ1n) is 7.75. The van der Waals surface area contributed by atoms with Crippen LogP contribution in [0.1, 0.15) is 0 Å². The maximum Gasteiger partial charge on any atom is 0.231 e. The maximum absolute atomic E-state index is 12.3. The molecule has 1 saturated heterocycles. The smallest absolute Gasteiger partial charge is 0.231 e. The van der Waals surface area contributed by atoms with Crippen LogP contribution in [0, 0.1) is 5.92 Å².